The van der Waals surface area contributed by atoms with Gasteiger partial charge in [0.1, 0.15) is 0 Å². The molecule has 0 bridgehead atoms. The molecular weight excluding hydrogens is 224 g/mol. The molecule has 1 aromatic carbocycles. The van der Waals surface area contributed by atoms with Gasteiger partial charge in [-0.05, 0) is 12.6 Å². The Labute approximate surface area is 109 Å². The fourth-order valence-electron chi connectivity index (χ4n) is 2.08. The number of morpholine rings is 1. The first-order valence-electron chi connectivity index (χ1n) is 6.57. The molecule has 1 saturated heterocycles. The standard InChI is InChI=1S/C15H22N2O/c1-17-10-11-18-15(13-17)12-16-9-5-8-14-6-3-2-4-7-14/h2-8,15-16H,9-13H2,1H3/b8-5+/t15-/m1/s1. The third-order valence-electron chi connectivity index (χ3n) is 3.09. The van der Waals surface area contributed by atoms with Gasteiger partial charge in [-0.15, -0.1) is 0 Å². The van der Waals surface area contributed by atoms with Gasteiger partial charge in [0.2, 0.25) is 0 Å². The maximum Gasteiger partial charge on any atom is 0.0826 e. The average Bonchev–Trinajstić information content (AvgIpc) is 2.40. The molecule has 18 heavy (non-hydrogen) atoms. The largest absolute Gasteiger partial charge is 0.374 e. The summed E-state index contributed by atoms with van der Waals surface area (Å²) < 4.78 is 5.68. The minimum atomic E-state index is 0.328. The van der Waals surface area contributed by atoms with E-state index >= 15 is 0 Å². The first kappa shape index (κ1) is 13.3. The molecule has 1 fully saturated rings. The fourth-order valence-corrected chi connectivity index (χ4v) is 2.08. The Morgan fingerprint density at radius 2 is 2.22 bits per heavy atom. The van der Waals surface area contributed by atoms with Gasteiger partial charge in [0.05, 0.1) is 12.7 Å². The van der Waals surface area contributed by atoms with E-state index in [2.05, 4.69) is 53.7 Å². The van der Waals surface area contributed by atoms with Crippen LogP contribution in [0.4, 0.5) is 0 Å². The van der Waals surface area contributed by atoms with Crippen molar-refractivity contribution in [2.24, 2.45) is 0 Å². The molecule has 0 aliphatic carbocycles. The van der Waals surface area contributed by atoms with Gasteiger partial charge in [-0.2, -0.15) is 0 Å². The van der Waals surface area contributed by atoms with Gasteiger partial charge in [-0.25, -0.2) is 0 Å². The molecule has 98 valence electrons. The van der Waals surface area contributed by atoms with Crippen LogP contribution in [0.15, 0.2) is 36.4 Å². The molecule has 1 aliphatic rings. The highest BCUT2D eigenvalue weighted by Gasteiger charge is 2.16. The van der Waals surface area contributed by atoms with Crippen LogP contribution in [0.3, 0.4) is 0 Å². The van der Waals surface area contributed by atoms with Crippen LogP contribution in [0.2, 0.25) is 0 Å². The minimum absolute atomic E-state index is 0.328. The molecule has 0 radical (unpaired) electrons. The van der Waals surface area contributed by atoms with Crippen molar-refractivity contribution in [1.82, 2.24) is 10.2 Å². The van der Waals surface area contributed by atoms with E-state index in [1.165, 1.54) is 5.56 Å². The van der Waals surface area contributed by atoms with Crippen LogP contribution in [0, 0.1) is 0 Å². The molecule has 1 N–H and O–H groups in total. The summed E-state index contributed by atoms with van der Waals surface area (Å²) in [6, 6.07) is 10.4. The smallest absolute Gasteiger partial charge is 0.0826 e. The van der Waals surface area contributed by atoms with Crippen molar-refractivity contribution >= 4 is 6.08 Å². The number of hydrogen-bond donors (Lipinski definition) is 1. The van der Waals surface area contributed by atoms with Crippen molar-refractivity contribution < 1.29 is 4.74 Å². The quantitative estimate of drug-likeness (QED) is 0.799. The molecule has 0 amide bonds. The molecule has 3 heteroatoms. The van der Waals surface area contributed by atoms with E-state index in [4.69, 9.17) is 4.74 Å². The lowest BCUT2D eigenvalue weighted by atomic mass is 10.2. The maximum absolute atomic E-state index is 5.68. The summed E-state index contributed by atoms with van der Waals surface area (Å²) in [5.74, 6) is 0. The van der Waals surface area contributed by atoms with E-state index in [0.29, 0.717) is 6.10 Å². The fraction of sp³-hybridized carbons (Fsp3) is 0.467. The van der Waals surface area contributed by atoms with Crippen molar-refractivity contribution in [2.75, 3.05) is 39.8 Å². The Morgan fingerprint density at radius 1 is 1.39 bits per heavy atom. The number of ether oxygens (including phenoxy) is 1. The first-order chi connectivity index (χ1) is 8.84. The molecule has 0 aromatic heterocycles. The second-order valence-electron chi connectivity index (χ2n) is 4.73. The summed E-state index contributed by atoms with van der Waals surface area (Å²) in [6.45, 7) is 4.73. The van der Waals surface area contributed by atoms with E-state index in [-0.39, 0.29) is 0 Å². The molecule has 1 atom stereocenters. The Bertz CT molecular complexity index is 364. The summed E-state index contributed by atoms with van der Waals surface area (Å²) in [7, 11) is 2.14. The zero-order valence-corrected chi connectivity index (χ0v) is 11.0. The number of nitrogens with zero attached hydrogens (tertiary/aromatic N) is 1. The van der Waals surface area contributed by atoms with E-state index in [9.17, 15) is 0 Å². The lowest BCUT2D eigenvalue weighted by Gasteiger charge is -2.30. The second kappa shape index (κ2) is 7.31. The van der Waals surface area contributed by atoms with Gasteiger partial charge in [-0.3, -0.25) is 0 Å². The van der Waals surface area contributed by atoms with Crippen molar-refractivity contribution in [2.45, 2.75) is 6.10 Å². The second-order valence-corrected chi connectivity index (χ2v) is 4.73. The van der Waals surface area contributed by atoms with Gasteiger partial charge in [0, 0.05) is 26.2 Å². The number of rotatable bonds is 5. The van der Waals surface area contributed by atoms with Crippen LogP contribution in [0.5, 0.6) is 0 Å². The molecular formula is C15H22N2O. The highest BCUT2D eigenvalue weighted by atomic mass is 16.5. The van der Waals surface area contributed by atoms with Crippen molar-refractivity contribution in [3.63, 3.8) is 0 Å². The molecule has 0 saturated carbocycles. The third kappa shape index (κ3) is 4.61. The number of hydrogen-bond acceptors (Lipinski definition) is 3. The average molecular weight is 246 g/mol. The zero-order chi connectivity index (χ0) is 12.6. The van der Waals surface area contributed by atoms with Crippen molar-refractivity contribution in [3.05, 3.63) is 42.0 Å². The maximum atomic E-state index is 5.68. The molecule has 3 nitrogen and oxygen atoms in total. The van der Waals surface area contributed by atoms with E-state index < -0.39 is 0 Å². The Kier molecular flexibility index (Phi) is 5.39. The molecule has 0 unspecified atom stereocenters. The number of nitrogens with one attached hydrogen (secondary N) is 1. The Hall–Kier alpha value is -1.16. The van der Waals surface area contributed by atoms with Crippen molar-refractivity contribution in [1.29, 1.82) is 0 Å². The molecule has 1 aromatic rings. The summed E-state index contributed by atoms with van der Waals surface area (Å²) in [5, 5.41) is 3.41. The lowest BCUT2D eigenvalue weighted by molar-refractivity contribution is -0.0176. The molecule has 2 rings (SSSR count). The number of benzene rings is 1. The predicted molar refractivity (Wildman–Crippen MR) is 75.6 cm³/mol. The highest BCUT2D eigenvalue weighted by Crippen LogP contribution is 2.02. The topological polar surface area (TPSA) is 24.5 Å². The van der Waals surface area contributed by atoms with Gasteiger partial charge in [0.25, 0.3) is 0 Å². The lowest BCUT2D eigenvalue weighted by Crippen LogP contribution is -2.44. The minimum Gasteiger partial charge on any atom is -0.374 e. The summed E-state index contributed by atoms with van der Waals surface area (Å²) >= 11 is 0. The van der Waals surface area contributed by atoms with Gasteiger partial charge >= 0.3 is 0 Å². The van der Waals surface area contributed by atoms with Gasteiger partial charge in [-0.1, -0.05) is 42.5 Å². The Morgan fingerprint density at radius 3 is 3.00 bits per heavy atom. The van der Waals surface area contributed by atoms with E-state index in [1.807, 2.05) is 6.07 Å². The van der Waals surface area contributed by atoms with E-state index in [1.54, 1.807) is 0 Å². The van der Waals surface area contributed by atoms with E-state index in [0.717, 1.165) is 32.8 Å². The molecule has 1 heterocycles. The normalized spacial score (nSPS) is 21.5. The van der Waals surface area contributed by atoms with Gasteiger partial charge in [0.15, 0.2) is 0 Å². The highest BCUT2D eigenvalue weighted by molar-refractivity contribution is 5.48. The van der Waals surface area contributed by atoms with Crippen LogP contribution >= 0.6 is 0 Å². The Balaban J connectivity index is 1.62. The summed E-state index contributed by atoms with van der Waals surface area (Å²) in [5.41, 5.74) is 1.24. The van der Waals surface area contributed by atoms with Crippen LogP contribution in [0.1, 0.15) is 5.56 Å². The molecule has 1 aliphatic heterocycles. The van der Waals surface area contributed by atoms with Crippen LogP contribution in [-0.2, 0) is 4.74 Å². The number of likely N-dealkylation sites (N-methyl/N-ethyl adjacent to an activating group) is 1. The van der Waals surface area contributed by atoms with Crippen molar-refractivity contribution in [3.8, 4) is 0 Å². The molecule has 0 spiro atoms. The summed E-state index contributed by atoms with van der Waals surface area (Å²) in [6.07, 6.45) is 4.62. The van der Waals surface area contributed by atoms with Crippen LogP contribution < -0.4 is 5.32 Å². The summed E-state index contributed by atoms with van der Waals surface area (Å²) in [4.78, 5) is 2.32. The third-order valence-corrected chi connectivity index (χ3v) is 3.09. The van der Waals surface area contributed by atoms with Crippen LogP contribution in [-0.4, -0.2) is 50.8 Å². The van der Waals surface area contributed by atoms with Crippen LogP contribution in [0.25, 0.3) is 6.08 Å². The zero-order valence-electron chi connectivity index (χ0n) is 11.0. The first-order valence-corrected chi connectivity index (χ1v) is 6.57. The SMILES string of the molecule is CN1CCO[C@H](CNC/C=C/c2ccccc2)C1. The predicted octanol–water partition coefficient (Wildman–Crippen LogP) is 1.62. The van der Waals surface area contributed by atoms with Gasteiger partial charge < -0.3 is 15.0 Å². The monoisotopic (exact) mass is 246 g/mol.